The average molecular weight is 259 g/mol. The lowest BCUT2D eigenvalue weighted by atomic mass is 10.2. The highest BCUT2D eigenvalue weighted by molar-refractivity contribution is 5.96. The van der Waals surface area contributed by atoms with Gasteiger partial charge in [-0.15, -0.1) is 0 Å². The topological polar surface area (TPSA) is 113 Å². The maximum atomic E-state index is 11.6. The van der Waals surface area contributed by atoms with Gasteiger partial charge in [-0.2, -0.15) is 10.2 Å². The number of nitro groups is 1. The number of H-pyrrole nitrogens is 1. The van der Waals surface area contributed by atoms with Gasteiger partial charge >= 0.3 is 5.69 Å². The Morgan fingerprint density at radius 3 is 2.84 bits per heavy atom. The van der Waals surface area contributed by atoms with Crippen molar-refractivity contribution < 1.29 is 9.72 Å². The third kappa shape index (κ3) is 3.00. The first-order valence-corrected chi connectivity index (χ1v) is 5.24. The Morgan fingerprint density at radius 2 is 2.16 bits per heavy atom. The van der Waals surface area contributed by atoms with Gasteiger partial charge in [0.05, 0.1) is 11.1 Å². The van der Waals surface area contributed by atoms with E-state index in [0.717, 1.165) is 11.8 Å². The van der Waals surface area contributed by atoms with Gasteiger partial charge < -0.3 is 0 Å². The van der Waals surface area contributed by atoms with Crippen LogP contribution in [0.2, 0.25) is 0 Å². The molecule has 96 valence electrons. The molecule has 0 radical (unpaired) electrons. The zero-order chi connectivity index (χ0) is 13.7. The van der Waals surface area contributed by atoms with Crippen molar-refractivity contribution in [3.63, 3.8) is 0 Å². The smallest absolute Gasteiger partial charge is 0.267 e. The van der Waals surface area contributed by atoms with Crippen LogP contribution in [0.15, 0.2) is 41.6 Å². The number of carbonyl (C=O) groups is 1. The number of hydrazone groups is 1. The molecule has 8 nitrogen and oxygen atoms in total. The Kier molecular flexibility index (Phi) is 3.62. The average Bonchev–Trinajstić information content (AvgIpc) is 2.89. The number of hydrogen-bond acceptors (Lipinski definition) is 5. The number of aromatic nitrogens is 2. The minimum Gasteiger partial charge on any atom is -0.267 e. The van der Waals surface area contributed by atoms with Crippen LogP contribution >= 0.6 is 0 Å². The second-order valence-electron chi connectivity index (χ2n) is 3.50. The first-order valence-electron chi connectivity index (χ1n) is 5.24. The van der Waals surface area contributed by atoms with Crippen molar-refractivity contribution in [2.45, 2.75) is 0 Å². The molecule has 0 saturated carbocycles. The SMILES string of the molecule is O=C(N/N=C\c1ccccc1)c1[nH]ncc1[N+](=O)[O-]. The van der Waals surface area contributed by atoms with Crippen molar-refractivity contribution in [1.82, 2.24) is 15.6 Å². The normalized spacial score (nSPS) is 10.5. The fourth-order valence-corrected chi connectivity index (χ4v) is 1.35. The number of amides is 1. The van der Waals surface area contributed by atoms with E-state index in [1.807, 2.05) is 18.2 Å². The molecule has 0 bridgehead atoms. The molecule has 0 aliphatic carbocycles. The van der Waals surface area contributed by atoms with Gasteiger partial charge in [0.1, 0.15) is 6.20 Å². The standard InChI is InChI=1S/C11H9N5O3/c17-11(10-9(16(18)19)7-13-14-10)15-12-6-8-4-2-1-3-5-8/h1-7H,(H,13,14)(H,15,17)/b12-6-. The van der Waals surface area contributed by atoms with E-state index >= 15 is 0 Å². The molecule has 0 atom stereocenters. The summed E-state index contributed by atoms with van der Waals surface area (Å²) in [5, 5.41) is 20.0. The second kappa shape index (κ2) is 5.54. The van der Waals surface area contributed by atoms with Crippen molar-refractivity contribution in [2.24, 2.45) is 5.10 Å². The predicted molar refractivity (Wildman–Crippen MR) is 66.7 cm³/mol. The Balaban J connectivity index is 2.04. The highest BCUT2D eigenvalue weighted by atomic mass is 16.6. The molecule has 19 heavy (non-hydrogen) atoms. The van der Waals surface area contributed by atoms with Crippen molar-refractivity contribution in [3.05, 3.63) is 57.9 Å². The third-order valence-corrected chi connectivity index (χ3v) is 2.22. The summed E-state index contributed by atoms with van der Waals surface area (Å²) in [6, 6.07) is 9.10. The number of carbonyl (C=O) groups excluding carboxylic acids is 1. The fourth-order valence-electron chi connectivity index (χ4n) is 1.35. The molecule has 1 amide bonds. The second-order valence-corrected chi connectivity index (χ2v) is 3.50. The van der Waals surface area contributed by atoms with Gasteiger partial charge in [-0.25, -0.2) is 5.43 Å². The maximum Gasteiger partial charge on any atom is 0.319 e. The van der Waals surface area contributed by atoms with Crippen molar-refractivity contribution in [1.29, 1.82) is 0 Å². The van der Waals surface area contributed by atoms with Crippen molar-refractivity contribution in [3.8, 4) is 0 Å². The van der Waals surface area contributed by atoms with Crippen LogP contribution in [0.1, 0.15) is 16.1 Å². The van der Waals surface area contributed by atoms with Gasteiger partial charge in [0, 0.05) is 0 Å². The van der Waals surface area contributed by atoms with E-state index in [2.05, 4.69) is 20.7 Å². The molecule has 1 aromatic carbocycles. The van der Waals surface area contributed by atoms with E-state index in [1.54, 1.807) is 12.1 Å². The van der Waals surface area contributed by atoms with E-state index in [4.69, 9.17) is 0 Å². The highest BCUT2D eigenvalue weighted by Gasteiger charge is 2.22. The number of aromatic amines is 1. The van der Waals surface area contributed by atoms with Gasteiger partial charge in [0.2, 0.25) is 5.69 Å². The van der Waals surface area contributed by atoms with Crippen LogP contribution in [-0.2, 0) is 0 Å². The summed E-state index contributed by atoms with van der Waals surface area (Å²) in [4.78, 5) is 21.5. The summed E-state index contributed by atoms with van der Waals surface area (Å²) in [5.41, 5.74) is 2.34. The molecule has 2 aromatic rings. The highest BCUT2D eigenvalue weighted by Crippen LogP contribution is 2.13. The predicted octanol–water partition coefficient (Wildman–Crippen LogP) is 1.08. The summed E-state index contributed by atoms with van der Waals surface area (Å²) in [6.07, 6.45) is 2.40. The van der Waals surface area contributed by atoms with Crippen LogP contribution in [0.3, 0.4) is 0 Å². The third-order valence-electron chi connectivity index (χ3n) is 2.22. The maximum absolute atomic E-state index is 11.6. The van der Waals surface area contributed by atoms with Gasteiger partial charge in [-0.3, -0.25) is 20.0 Å². The van der Waals surface area contributed by atoms with Gasteiger partial charge in [-0.1, -0.05) is 30.3 Å². The van der Waals surface area contributed by atoms with Gasteiger partial charge in [0.25, 0.3) is 5.91 Å². The van der Waals surface area contributed by atoms with E-state index < -0.39 is 16.5 Å². The number of benzene rings is 1. The first kappa shape index (κ1) is 12.4. The van der Waals surface area contributed by atoms with Crippen LogP contribution in [0, 0.1) is 10.1 Å². The lowest BCUT2D eigenvalue weighted by Crippen LogP contribution is -2.19. The Labute approximate surface area is 107 Å². The Hall–Kier alpha value is -3.03. The molecule has 0 spiro atoms. The molecule has 0 saturated heterocycles. The van der Waals surface area contributed by atoms with Crippen LogP contribution in [0.25, 0.3) is 0 Å². The minimum absolute atomic E-state index is 0.241. The van der Waals surface area contributed by atoms with Crippen LogP contribution < -0.4 is 5.43 Å². The van der Waals surface area contributed by atoms with E-state index in [0.29, 0.717) is 0 Å². The van der Waals surface area contributed by atoms with E-state index in [1.165, 1.54) is 6.21 Å². The zero-order valence-corrected chi connectivity index (χ0v) is 9.61. The zero-order valence-electron chi connectivity index (χ0n) is 9.61. The minimum atomic E-state index is -0.726. The molecule has 0 unspecified atom stereocenters. The summed E-state index contributed by atoms with van der Waals surface area (Å²) < 4.78 is 0. The molecule has 0 fully saturated rings. The number of rotatable bonds is 4. The van der Waals surface area contributed by atoms with E-state index in [9.17, 15) is 14.9 Å². The molecule has 2 N–H and O–H groups in total. The van der Waals surface area contributed by atoms with Gasteiger partial charge in [-0.05, 0) is 5.56 Å². The lowest BCUT2D eigenvalue weighted by molar-refractivity contribution is -0.385. The molecule has 2 rings (SSSR count). The van der Waals surface area contributed by atoms with Crippen LogP contribution in [0.4, 0.5) is 5.69 Å². The van der Waals surface area contributed by atoms with Crippen LogP contribution in [-0.4, -0.2) is 27.2 Å². The first-order chi connectivity index (χ1) is 9.18. The Morgan fingerprint density at radius 1 is 1.42 bits per heavy atom. The summed E-state index contributed by atoms with van der Waals surface area (Å²) in [7, 11) is 0. The molecular formula is C11H9N5O3. The number of nitrogens with zero attached hydrogens (tertiary/aromatic N) is 3. The molecule has 1 aromatic heterocycles. The van der Waals surface area contributed by atoms with Crippen molar-refractivity contribution >= 4 is 17.8 Å². The molecule has 0 aliphatic heterocycles. The van der Waals surface area contributed by atoms with Crippen LogP contribution in [0.5, 0.6) is 0 Å². The number of nitrogens with one attached hydrogen (secondary N) is 2. The summed E-state index contributed by atoms with van der Waals surface area (Å²) >= 11 is 0. The largest absolute Gasteiger partial charge is 0.319 e. The molecule has 0 aliphatic rings. The fraction of sp³-hybridized carbons (Fsp3) is 0. The van der Waals surface area contributed by atoms with Gasteiger partial charge in [0.15, 0.2) is 0 Å². The Bertz CT molecular complexity index is 620. The summed E-state index contributed by atoms with van der Waals surface area (Å²) in [5.74, 6) is -0.726. The number of hydrogen-bond donors (Lipinski definition) is 2. The summed E-state index contributed by atoms with van der Waals surface area (Å²) in [6.45, 7) is 0. The lowest BCUT2D eigenvalue weighted by Gasteiger charge is -1.96. The van der Waals surface area contributed by atoms with Crippen molar-refractivity contribution in [2.75, 3.05) is 0 Å². The molecule has 8 heteroatoms. The van der Waals surface area contributed by atoms with E-state index in [-0.39, 0.29) is 5.69 Å². The molecular weight excluding hydrogens is 250 g/mol. The molecule has 1 heterocycles. The monoisotopic (exact) mass is 259 g/mol. The quantitative estimate of drug-likeness (QED) is 0.485.